The van der Waals surface area contributed by atoms with Gasteiger partial charge in [0.2, 0.25) is 0 Å². The van der Waals surface area contributed by atoms with Crippen molar-refractivity contribution in [3.05, 3.63) is 58.6 Å². The maximum Gasteiger partial charge on any atom is 0.336 e. The molecule has 2 aromatic rings. The van der Waals surface area contributed by atoms with E-state index in [1.807, 2.05) is 11.8 Å². The highest BCUT2D eigenvalue weighted by atomic mass is 35.5. The van der Waals surface area contributed by atoms with Gasteiger partial charge in [-0.25, -0.2) is 17.5 Å². The molecule has 1 saturated carbocycles. The minimum atomic E-state index is -4.14. The summed E-state index contributed by atoms with van der Waals surface area (Å²) in [5.41, 5.74) is 1.09. The van der Waals surface area contributed by atoms with Crippen molar-refractivity contribution in [3.63, 3.8) is 0 Å². The summed E-state index contributed by atoms with van der Waals surface area (Å²) >= 11 is 6.00. The van der Waals surface area contributed by atoms with Gasteiger partial charge in [0.1, 0.15) is 4.90 Å². The number of rotatable bonds is 8. The summed E-state index contributed by atoms with van der Waals surface area (Å²) in [5.74, 6) is -0.462. The predicted molar refractivity (Wildman–Crippen MR) is 143 cm³/mol. The van der Waals surface area contributed by atoms with Crippen LogP contribution < -0.4 is 5.32 Å². The summed E-state index contributed by atoms with van der Waals surface area (Å²) < 4.78 is 32.3. The second-order valence-corrected chi connectivity index (χ2v) is 11.8. The minimum Gasteiger partial charge on any atom is -0.466 e. The Kier molecular flexibility index (Phi) is 8.62. The van der Waals surface area contributed by atoms with Crippen LogP contribution in [-0.4, -0.2) is 54.7 Å². The summed E-state index contributed by atoms with van der Waals surface area (Å²) in [7, 11) is -4.14. The van der Waals surface area contributed by atoms with Crippen molar-refractivity contribution >= 4 is 45.2 Å². The van der Waals surface area contributed by atoms with Crippen LogP contribution in [0.15, 0.2) is 47.4 Å². The number of hydrogen-bond donors (Lipinski definition) is 1. The molecule has 1 heterocycles. The van der Waals surface area contributed by atoms with E-state index in [-0.39, 0.29) is 46.0 Å². The first-order chi connectivity index (χ1) is 18.1. The summed E-state index contributed by atoms with van der Waals surface area (Å²) in [6.45, 7) is 4.49. The summed E-state index contributed by atoms with van der Waals surface area (Å²) in [5, 5.41) is 2.83. The molecule has 0 spiro atoms. The maximum absolute atomic E-state index is 13.6. The van der Waals surface area contributed by atoms with Gasteiger partial charge >= 0.3 is 12.0 Å². The van der Waals surface area contributed by atoms with Gasteiger partial charge in [-0.05, 0) is 74.9 Å². The quantitative estimate of drug-likeness (QED) is 0.451. The molecule has 2 aromatic carbocycles. The number of sulfonamides is 1. The van der Waals surface area contributed by atoms with Crippen LogP contribution in [0.2, 0.25) is 5.02 Å². The molecule has 4 rings (SSSR count). The normalized spacial score (nSPS) is 20.3. The van der Waals surface area contributed by atoms with E-state index < -0.39 is 16.1 Å². The largest absolute Gasteiger partial charge is 0.466 e. The molecule has 3 amide bonds. The van der Waals surface area contributed by atoms with Crippen LogP contribution in [0.25, 0.3) is 0 Å². The van der Waals surface area contributed by atoms with E-state index >= 15 is 0 Å². The lowest BCUT2D eigenvalue weighted by Gasteiger charge is -2.36. The highest BCUT2D eigenvalue weighted by Gasteiger charge is 2.37. The molecule has 2 aliphatic rings. The molecular formula is C27H32ClN3O6S. The number of fused-ring (bicyclic) bond motifs is 1. The smallest absolute Gasteiger partial charge is 0.336 e. The molecule has 1 fully saturated rings. The van der Waals surface area contributed by atoms with Crippen molar-refractivity contribution in [3.8, 4) is 0 Å². The van der Waals surface area contributed by atoms with E-state index in [0.29, 0.717) is 50.0 Å². The van der Waals surface area contributed by atoms with E-state index in [4.69, 9.17) is 16.3 Å². The average Bonchev–Trinajstić information content (AvgIpc) is 2.90. The van der Waals surface area contributed by atoms with E-state index in [9.17, 15) is 22.8 Å². The first-order valence-corrected chi connectivity index (χ1v) is 14.7. The van der Waals surface area contributed by atoms with Gasteiger partial charge in [-0.2, -0.15) is 0 Å². The number of carbonyl (C=O) groups excluding carboxylic acids is 3. The molecule has 11 heteroatoms. The summed E-state index contributed by atoms with van der Waals surface area (Å²) in [6, 6.07) is 10.2. The number of nitrogens with one attached hydrogen (secondary N) is 1. The standard InChI is InChI=1S/C27H32ClN3O6S/c1-3-14-30(22-11-8-19(9-12-22)26(33)37-4-2)25(32)20-7-5-6-18(15-20)17-31-27(34)29-23-13-10-21(28)16-24(23)38(31,35)36/h5-7,10,13,15-16,19,22H,3-4,8-9,11-12,14,17H2,1-2H3,(H,29,34). The molecule has 1 aliphatic heterocycles. The van der Waals surface area contributed by atoms with Gasteiger partial charge in [0, 0.05) is 23.2 Å². The average molecular weight is 562 g/mol. The van der Waals surface area contributed by atoms with E-state index in [1.54, 1.807) is 31.2 Å². The Morgan fingerprint density at radius 3 is 2.53 bits per heavy atom. The Morgan fingerprint density at radius 1 is 1.11 bits per heavy atom. The number of benzene rings is 2. The molecule has 0 bridgehead atoms. The van der Waals surface area contributed by atoms with Gasteiger partial charge in [-0.3, -0.25) is 9.59 Å². The number of anilines is 1. The number of ether oxygens (including phenoxy) is 1. The van der Waals surface area contributed by atoms with Gasteiger partial charge < -0.3 is 15.0 Å². The van der Waals surface area contributed by atoms with Crippen molar-refractivity contribution in [2.45, 2.75) is 63.4 Å². The van der Waals surface area contributed by atoms with E-state index in [2.05, 4.69) is 5.32 Å². The van der Waals surface area contributed by atoms with E-state index in [1.165, 1.54) is 18.2 Å². The lowest BCUT2D eigenvalue weighted by Crippen LogP contribution is -2.44. The Labute approximate surface area is 228 Å². The summed E-state index contributed by atoms with van der Waals surface area (Å²) in [6.07, 6.45) is 3.54. The van der Waals surface area contributed by atoms with E-state index in [0.717, 1.165) is 10.7 Å². The Hall–Kier alpha value is -3.11. The number of halogens is 1. The molecule has 0 atom stereocenters. The molecule has 0 unspecified atom stereocenters. The molecule has 0 radical (unpaired) electrons. The lowest BCUT2D eigenvalue weighted by atomic mass is 9.85. The van der Waals surface area contributed by atoms with Crippen LogP contribution in [-0.2, 0) is 26.1 Å². The third-order valence-corrected chi connectivity index (χ3v) is 8.97. The van der Waals surface area contributed by atoms with Gasteiger partial charge in [0.05, 0.1) is 24.8 Å². The van der Waals surface area contributed by atoms with Crippen molar-refractivity contribution < 1.29 is 27.5 Å². The second kappa shape index (κ2) is 11.7. The number of hydrogen-bond acceptors (Lipinski definition) is 6. The molecule has 0 aromatic heterocycles. The SMILES string of the molecule is CCCN(C(=O)c1cccc(CN2C(=O)Nc3ccc(Cl)cc3S2(=O)=O)c1)C1CCC(C(=O)OCC)CC1. The number of nitrogens with zero attached hydrogens (tertiary/aromatic N) is 2. The fourth-order valence-electron chi connectivity index (χ4n) is 5.08. The number of urea groups is 1. The Morgan fingerprint density at radius 2 is 1.84 bits per heavy atom. The second-order valence-electron chi connectivity index (χ2n) is 9.54. The molecule has 38 heavy (non-hydrogen) atoms. The zero-order chi connectivity index (χ0) is 27.4. The highest BCUT2D eigenvalue weighted by Crippen LogP contribution is 2.34. The minimum absolute atomic E-state index is 0.00582. The van der Waals surface area contributed by atoms with Crippen molar-refractivity contribution in [1.29, 1.82) is 0 Å². The first-order valence-electron chi connectivity index (χ1n) is 12.9. The van der Waals surface area contributed by atoms with Crippen molar-refractivity contribution in [1.82, 2.24) is 9.21 Å². The van der Waals surface area contributed by atoms with Gasteiger partial charge in [0.15, 0.2) is 0 Å². The fourth-order valence-corrected chi connectivity index (χ4v) is 6.81. The van der Waals surface area contributed by atoms with Crippen LogP contribution >= 0.6 is 11.6 Å². The predicted octanol–water partition coefficient (Wildman–Crippen LogP) is 5.05. The van der Waals surface area contributed by atoms with Crippen molar-refractivity contribution in [2.75, 3.05) is 18.5 Å². The highest BCUT2D eigenvalue weighted by molar-refractivity contribution is 7.90. The van der Waals surface area contributed by atoms with Gasteiger partial charge in [-0.1, -0.05) is 30.7 Å². The third-order valence-electron chi connectivity index (χ3n) is 6.96. The third kappa shape index (κ3) is 5.81. The molecule has 0 saturated heterocycles. The molecule has 1 N–H and O–H groups in total. The monoisotopic (exact) mass is 561 g/mol. The molecule has 9 nitrogen and oxygen atoms in total. The topological polar surface area (TPSA) is 113 Å². The summed E-state index contributed by atoms with van der Waals surface area (Å²) in [4.78, 5) is 40.2. The molecule has 1 aliphatic carbocycles. The maximum atomic E-state index is 13.6. The van der Waals surface area contributed by atoms with Gasteiger partial charge in [0.25, 0.3) is 15.9 Å². The lowest BCUT2D eigenvalue weighted by molar-refractivity contribution is -0.149. The first kappa shape index (κ1) is 27.9. The Bertz CT molecular complexity index is 1320. The van der Waals surface area contributed by atoms with Crippen LogP contribution in [0, 0.1) is 5.92 Å². The molecule has 204 valence electrons. The van der Waals surface area contributed by atoms with Crippen molar-refractivity contribution in [2.24, 2.45) is 5.92 Å². The van der Waals surface area contributed by atoms with Crippen LogP contribution in [0.1, 0.15) is 61.9 Å². The number of amides is 3. The molecular weight excluding hydrogens is 530 g/mol. The zero-order valence-electron chi connectivity index (χ0n) is 21.5. The van der Waals surface area contributed by atoms with Crippen LogP contribution in [0.5, 0.6) is 0 Å². The Balaban J connectivity index is 1.51. The zero-order valence-corrected chi connectivity index (χ0v) is 23.1. The number of esters is 1. The fraction of sp³-hybridized carbons (Fsp3) is 0.444. The van der Waals surface area contributed by atoms with Crippen LogP contribution in [0.4, 0.5) is 10.5 Å². The van der Waals surface area contributed by atoms with Gasteiger partial charge in [-0.15, -0.1) is 0 Å². The van der Waals surface area contributed by atoms with Crippen LogP contribution in [0.3, 0.4) is 0 Å². The number of carbonyl (C=O) groups is 3.